The van der Waals surface area contributed by atoms with Crippen molar-refractivity contribution in [2.24, 2.45) is 0 Å². The summed E-state index contributed by atoms with van der Waals surface area (Å²) >= 11 is 0. The molecule has 0 aromatic carbocycles. The second kappa shape index (κ2) is 14.3. The maximum absolute atomic E-state index is 12.4. The van der Waals surface area contributed by atoms with Crippen molar-refractivity contribution in [3.05, 3.63) is 12.3 Å². The van der Waals surface area contributed by atoms with Crippen LogP contribution in [-0.4, -0.2) is 35.0 Å². The Morgan fingerprint density at radius 3 is 2.23 bits per heavy atom. The van der Waals surface area contributed by atoms with Gasteiger partial charge < -0.3 is 14.7 Å². The van der Waals surface area contributed by atoms with Crippen molar-refractivity contribution < 1.29 is 14.1 Å². The molecule has 2 amide bonds. The van der Waals surface area contributed by atoms with Crippen LogP contribution in [0.2, 0.25) is 0 Å². The third-order valence-electron chi connectivity index (χ3n) is 4.38. The Hall–Kier alpha value is -1.85. The van der Waals surface area contributed by atoms with E-state index in [-0.39, 0.29) is 18.4 Å². The lowest BCUT2D eigenvalue weighted by Crippen LogP contribution is -2.38. The van der Waals surface area contributed by atoms with Gasteiger partial charge in [0, 0.05) is 19.0 Å². The first-order valence-electron chi connectivity index (χ1n) is 10.1. The zero-order valence-corrected chi connectivity index (χ0v) is 16.5. The van der Waals surface area contributed by atoms with Gasteiger partial charge in [0.1, 0.15) is 6.26 Å². The molecule has 6 nitrogen and oxygen atoms in total. The summed E-state index contributed by atoms with van der Waals surface area (Å²) in [5.41, 5.74) is 0. The SMILES string of the molecule is CCCCCCCCCCCC(=O)N(CCC)CC(=O)Nc1ccon1. The van der Waals surface area contributed by atoms with E-state index in [1.165, 1.54) is 51.2 Å². The number of rotatable bonds is 15. The van der Waals surface area contributed by atoms with Crippen LogP contribution in [0.15, 0.2) is 16.9 Å². The second-order valence-electron chi connectivity index (χ2n) is 6.83. The topological polar surface area (TPSA) is 75.4 Å². The lowest BCUT2D eigenvalue weighted by Gasteiger charge is -2.21. The van der Waals surface area contributed by atoms with E-state index >= 15 is 0 Å². The molecule has 0 saturated carbocycles. The molecule has 0 bridgehead atoms. The molecule has 0 aliphatic carbocycles. The monoisotopic (exact) mass is 365 g/mol. The number of unbranched alkanes of at least 4 members (excludes halogenated alkanes) is 8. The molecule has 6 heteroatoms. The van der Waals surface area contributed by atoms with Crippen LogP contribution in [0.4, 0.5) is 5.82 Å². The molecule has 1 rings (SSSR count). The van der Waals surface area contributed by atoms with E-state index in [4.69, 9.17) is 0 Å². The van der Waals surface area contributed by atoms with E-state index < -0.39 is 0 Å². The van der Waals surface area contributed by atoms with Gasteiger partial charge in [-0.1, -0.05) is 70.4 Å². The molecule has 0 aliphatic rings. The minimum atomic E-state index is -0.243. The molecule has 0 atom stereocenters. The highest BCUT2D eigenvalue weighted by Gasteiger charge is 2.16. The van der Waals surface area contributed by atoms with Crippen LogP contribution in [-0.2, 0) is 9.59 Å². The third-order valence-corrected chi connectivity index (χ3v) is 4.38. The Morgan fingerprint density at radius 1 is 1.00 bits per heavy atom. The van der Waals surface area contributed by atoms with Crippen LogP contribution in [0, 0.1) is 0 Å². The number of carbonyl (C=O) groups excluding carboxylic acids is 2. The first-order chi connectivity index (χ1) is 12.7. The van der Waals surface area contributed by atoms with Crippen LogP contribution in [0.25, 0.3) is 0 Å². The molecular formula is C20H35N3O3. The molecule has 1 aromatic heterocycles. The van der Waals surface area contributed by atoms with Crippen molar-refractivity contribution in [1.82, 2.24) is 10.1 Å². The number of nitrogens with one attached hydrogen (secondary N) is 1. The Labute approximate surface area is 157 Å². The van der Waals surface area contributed by atoms with Gasteiger partial charge in [0.25, 0.3) is 0 Å². The minimum Gasteiger partial charge on any atom is -0.363 e. The lowest BCUT2D eigenvalue weighted by molar-refractivity contribution is -0.134. The highest BCUT2D eigenvalue weighted by atomic mass is 16.5. The van der Waals surface area contributed by atoms with Gasteiger partial charge in [-0.15, -0.1) is 0 Å². The van der Waals surface area contributed by atoms with Crippen molar-refractivity contribution in [3.63, 3.8) is 0 Å². The van der Waals surface area contributed by atoms with Gasteiger partial charge >= 0.3 is 0 Å². The molecule has 1 heterocycles. The Morgan fingerprint density at radius 2 is 1.65 bits per heavy atom. The summed E-state index contributed by atoms with van der Waals surface area (Å²) in [6, 6.07) is 1.58. The quantitative estimate of drug-likeness (QED) is 0.454. The molecule has 1 aromatic rings. The van der Waals surface area contributed by atoms with Gasteiger partial charge in [-0.3, -0.25) is 9.59 Å². The van der Waals surface area contributed by atoms with Gasteiger partial charge in [0.05, 0.1) is 6.54 Å². The van der Waals surface area contributed by atoms with E-state index in [0.717, 1.165) is 19.3 Å². The van der Waals surface area contributed by atoms with E-state index in [2.05, 4.69) is 21.9 Å². The van der Waals surface area contributed by atoms with Crippen molar-refractivity contribution in [1.29, 1.82) is 0 Å². The van der Waals surface area contributed by atoms with Crippen molar-refractivity contribution in [2.75, 3.05) is 18.4 Å². The summed E-state index contributed by atoms with van der Waals surface area (Å²) < 4.78 is 4.68. The molecule has 0 fully saturated rings. The van der Waals surface area contributed by atoms with Gasteiger partial charge in [-0.2, -0.15) is 0 Å². The second-order valence-corrected chi connectivity index (χ2v) is 6.83. The average molecular weight is 366 g/mol. The van der Waals surface area contributed by atoms with Crippen molar-refractivity contribution in [2.45, 2.75) is 84.5 Å². The minimum absolute atomic E-state index is 0.0603. The fourth-order valence-corrected chi connectivity index (χ4v) is 2.94. The number of nitrogens with zero attached hydrogens (tertiary/aromatic N) is 2. The van der Waals surface area contributed by atoms with Crippen molar-refractivity contribution in [3.8, 4) is 0 Å². The number of aromatic nitrogens is 1. The smallest absolute Gasteiger partial charge is 0.245 e. The number of amides is 2. The maximum atomic E-state index is 12.4. The zero-order valence-electron chi connectivity index (χ0n) is 16.5. The molecule has 148 valence electrons. The predicted molar refractivity (Wildman–Crippen MR) is 104 cm³/mol. The first kappa shape index (κ1) is 22.2. The summed E-state index contributed by atoms with van der Waals surface area (Å²) in [5, 5.41) is 6.28. The Kier molecular flexibility index (Phi) is 12.2. The first-order valence-corrected chi connectivity index (χ1v) is 10.1. The van der Waals surface area contributed by atoms with E-state index in [0.29, 0.717) is 18.8 Å². The standard InChI is InChI=1S/C20H35N3O3/c1-3-5-6-7-8-9-10-11-12-13-20(25)23(15-4-2)17-19(24)21-18-14-16-26-22-18/h14,16H,3-13,15,17H2,1-2H3,(H,21,22,24). The molecule has 0 radical (unpaired) electrons. The molecule has 0 aliphatic heterocycles. The van der Waals surface area contributed by atoms with Crippen LogP contribution >= 0.6 is 0 Å². The molecule has 1 N–H and O–H groups in total. The lowest BCUT2D eigenvalue weighted by atomic mass is 10.1. The van der Waals surface area contributed by atoms with E-state index in [1.54, 1.807) is 11.0 Å². The van der Waals surface area contributed by atoms with Crippen LogP contribution < -0.4 is 5.32 Å². The molecule has 0 saturated heterocycles. The predicted octanol–water partition coefficient (Wildman–Crippen LogP) is 4.77. The zero-order chi connectivity index (χ0) is 19.0. The van der Waals surface area contributed by atoms with Crippen LogP contribution in [0.5, 0.6) is 0 Å². The molecule has 0 spiro atoms. The number of carbonyl (C=O) groups is 2. The van der Waals surface area contributed by atoms with Gasteiger partial charge in [-0.25, -0.2) is 0 Å². The van der Waals surface area contributed by atoms with Crippen LogP contribution in [0.3, 0.4) is 0 Å². The summed E-state index contributed by atoms with van der Waals surface area (Å²) in [7, 11) is 0. The number of anilines is 1. The number of hydrogen-bond acceptors (Lipinski definition) is 4. The van der Waals surface area contributed by atoms with E-state index in [1.807, 2.05) is 6.92 Å². The largest absolute Gasteiger partial charge is 0.363 e. The summed E-state index contributed by atoms with van der Waals surface area (Å²) in [6.07, 6.45) is 13.8. The van der Waals surface area contributed by atoms with Gasteiger partial charge in [0.2, 0.25) is 11.8 Å². The van der Waals surface area contributed by atoms with Gasteiger partial charge in [-0.05, 0) is 12.8 Å². The fourth-order valence-electron chi connectivity index (χ4n) is 2.94. The highest BCUT2D eigenvalue weighted by Crippen LogP contribution is 2.11. The fraction of sp³-hybridized carbons (Fsp3) is 0.750. The van der Waals surface area contributed by atoms with Crippen LogP contribution in [0.1, 0.15) is 84.5 Å². The summed E-state index contributed by atoms with van der Waals surface area (Å²) in [6.45, 7) is 4.91. The third kappa shape index (κ3) is 10.2. The summed E-state index contributed by atoms with van der Waals surface area (Å²) in [5.74, 6) is 0.190. The van der Waals surface area contributed by atoms with Gasteiger partial charge in [0.15, 0.2) is 5.82 Å². The average Bonchev–Trinajstić information content (AvgIpc) is 3.12. The maximum Gasteiger partial charge on any atom is 0.245 e. The summed E-state index contributed by atoms with van der Waals surface area (Å²) in [4.78, 5) is 26.1. The highest BCUT2D eigenvalue weighted by molar-refractivity contribution is 5.93. The Balaban J connectivity index is 2.18. The molecule has 26 heavy (non-hydrogen) atoms. The Bertz CT molecular complexity index is 489. The normalized spacial score (nSPS) is 10.7. The number of hydrogen-bond donors (Lipinski definition) is 1. The molecule has 0 unspecified atom stereocenters. The molecular weight excluding hydrogens is 330 g/mol. The van der Waals surface area contributed by atoms with E-state index in [9.17, 15) is 9.59 Å². The van der Waals surface area contributed by atoms with Crippen molar-refractivity contribution >= 4 is 17.6 Å².